The van der Waals surface area contributed by atoms with Crippen LogP contribution in [0.3, 0.4) is 0 Å². The molecule has 0 spiro atoms. The van der Waals surface area contributed by atoms with E-state index in [1.807, 2.05) is 0 Å². The first-order valence-electron chi connectivity index (χ1n) is 21.9. The smallest absolute Gasteiger partial charge is 0.255 e. The Balaban J connectivity index is 0.839. The number of piperazine rings is 1. The monoisotopic (exact) mass is 948 g/mol. The van der Waals surface area contributed by atoms with E-state index in [0.29, 0.717) is 53.4 Å². The molecule has 8 rings (SSSR count). The highest BCUT2D eigenvalue weighted by Crippen LogP contribution is 2.39. The molecule has 4 aromatic rings. The van der Waals surface area contributed by atoms with Gasteiger partial charge < -0.3 is 34.6 Å². The second kappa shape index (κ2) is 19.9. The van der Waals surface area contributed by atoms with Gasteiger partial charge in [-0.05, 0) is 55.5 Å². The van der Waals surface area contributed by atoms with Crippen molar-refractivity contribution in [2.24, 2.45) is 0 Å². The number of aryl methyl sites for hydroxylation is 1. The van der Waals surface area contributed by atoms with Gasteiger partial charge in [0.1, 0.15) is 40.7 Å². The summed E-state index contributed by atoms with van der Waals surface area (Å²) in [5.41, 5.74) is 4.35. The molecule has 21 heteroatoms. The Morgan fingerprint density at radius 3 is 2.38 bits per heavy atom. The van der Waals surface area contributed by atoms with E-state index in [2.05, 4.69) is 64.4 Å². The highest BCUT2D eigenvalue weighted by molar-refractivity contribution is 7.92. The van der Waals surface area contributed by atoms with Gasteiger partial charge in [0.2, 0.25) is 27.8 Å². The van der Waals surface area contributed by atoms with Crippen LogP contribution in [-0.4, -0.2) is 136 Å². The average Bonchev–Trinajstić information content (AvgIpc) is 3.62. The number of sulfonamides is 1. The van der Waals surface area contributed by atoms with E-state index in [0.717, 1.165) is 76.0 Å². The number of anilines is 6. The molecule has 1 aromatic heterocycles. The number of amides is 3. The lowest BCUT2D eigenvalue weighted by Gasteiger charge is -2.43. The van der Waals surface area contributed by atoms with E-state index in [9.17, 15) is 27.2 Å². The van der Waals surface area contributed by atoms with Crippen LogP contribution in [0.4, 0.5) is 38.9 Å². The van der Waals surface area contributed by atoms with E-state index in [1.54, 1.807) is 25.3 Å². The number of benzene rings is 3. The zero-order valence-corrected chi connectivity index (χ0v) is 38.9. The molecule has 5 heterocycles. The highest BCUT2D eigenvalue weighted by atomic mass is 35.5. The average molecular weight is 950 g/mol. The molecule has 352 valence electrons. The number of halogens is 2. The van der Waals surface area contributed by atoms with Crippen molar-refractivity contribution >= 4 is 73.9 Å². The number of hydrogen-bond donors (Lipinski definition) is 4. The number of fused-ring (bicyclic) bond motifs is 1. The fraction of sp³-hybridized carbons (Fsp3) is 0.444. The minimum atomic E-state index is -3.60. The summed E-state index contributed by atoms with van der Waals surface area (Å²) in [6.07, 6.45) is 5.69. The van der Waals surface area contributed by atoms with Crippen molar-refractivity contribution in [3.63, 3.8) is 0 Å². The van der Waals surface area contributed by atoms with E-state index >= 15 is 0 Å². The number of imide groups is 1. The van der Waals surface area contributed by atoms with Crippen LogP contribution in [0.25, 0.3) is 0 Å². The van der Waals surface area contributed by atoms with Gasteiger partial charge in [0.05, 0.1) is 55.8 Å². The molecule has 0 bridgehead atoms. The van der Waals surface area contributed by atoms with Crippen LogP contribution in [0.5, 0.6) is 17.2 Å². The molecule has 0 radical (unpaired) electrons. The molecule has 0 saturated carbocycles. The molecule has 3 saturated heterocycles. The molecule has 4 aliphatic rings. The molecular weight excluding hydrogens is 895 g/mol. The molecule has 3 fully saturated rings. The van der Waals surface area contributed by atoms with Gasteiger partial charge in [0.15, 0.2) is 5.82 Å². The zero-order chi connectivity index (χ0) is 46.7. The minimum Gasteiger partial charge on any atom is -0.497 e. The van der Waals surface area contributed by atoms with Crippen LogP contribution in [0.15, 0.2) is 48.7 Å². The molecular formula is C45H54ClFN10O8S. The highest BCUT2D eigenvalue weighted by Gasteiger charge is 2.41. The van der Waals surface area contributed by atoms with Crippen molar-refractivity contribution in [1.29, 1.82) is 0 Å². The van der Waals surface area contributed by atoms with Crippen LogP contribution >= 0.6 is 11.6 Å². The predicted molar refractivity (Wildman–Crippen MR) is 249 cm³/mol. The number of nitrogens with one attached hydrogen (secondary N) is 4. The Bertz CT molecular complexity index is 2610. The second-order valence-electron chi connectivity index (χ2n) is 16.7. The number of hydrogen-bond acceptors (Lipinski definition) is 15. The van der Waals surface area contributed by atoms with Crippen molar-refractivity contribution in [1.82, 2.24) is 30.0 Å². The Kier molecular flexibility index (Phi) is 14.0. The lowest BCUT2D eigenvalue weighted by molar-refractivity contribution is -0.136. The maximum absolute atomic E-state index is 14.7. The molecule has 1 atom stereocenters. The summed E-state index contributed by atoms with van der Waals surface area (Å²) in [5, 5.41) is 8.93. The first-order valence-corrected chi connectivity index (χ1v) is 24.2. The van der Waals surface area contributed by atoms with E-state index < -0.39 is 33.7 Å². The number of piperidine rings is 2. The normalized spacial score (nSPS) is 18.5. The van der Waals surface area contributed by atoms with Crippen molar-refractivity contribution in [2.45, 2.75) is 57.7 Å². The lowest BCUT2D eigenvalue weighted by Crippen LogP contribution is -2.53. The molecule has 1 unspecified atom stereocenters. The van der Waals surface area contributed by atoms with Gasteiger partial charge in [0.25, 0.3) is 5.91 Å². The summed E-state index contributed by atoms with van der Waals surface area (Å²) in [4.78, 5) is 55.1. The number of methoxy groups -OCH3 is 2. The van der Waals surface area contributed by atoms with Crippen LogP contribution in [-0.2, 0) is 32.6 Å². The third-order valence-corrected chi connectivity index (χ3v) is 13.4. The van der Waals surface area contributed by atoms with Crippen LogP contribution in [0, 0.1) is 5.82 Å². The van der Waals surface area contributed by atoms with Gasteiger partial charge in [0, 0.05) is 87.7 Å². The summed E-state index contributed by atoms with van der Waals surface area (Å²) in [6, 6.07) is 11.2. The molecule has 4 aliphatic heterocycles. The third-order valence-electron chi connectivity index (χ3n) is 12.5. The standard InChI is InChI=1S/C45H54ClFN10O8S/c1-5-27-20-36(50-45-48-25-33(46)42(52-45)49-34-7-6-30(63-2)23-35(34)53-66(4,61)62)40(64-3)24-38(27)56-12-10-29(11-13-56)55-16-14-54(15-17-55)18-19-65-39-22-28(47)21-31-32(39)26-57(44(31)60)37-8-9-41(58)51-43(37)59/h6-7,20-25,29,37,53H,5,8-19,26H2,1-4H3,(H,51,58,59)(H2,48,49,50,52). The Labute approximate surface area is 388 Å². The van der Waals surface area contributed by atoms with Crippen molar-refractivity contribution in [3.05, 3.63) is 76.2 Å². The van der Waals surface area contributed by atoms with Gasteiger partial charge in [-0.3, -0.25) is 34.2 Å². The lowest BCUT2D eigenvalue weighted by atomic mass is 9.99. The molecule has 0 aliphatic carbocycles. The van der Waals surface area contributed by atoms with Gasteiger partial charge in [-0.2, -0.15) is 4.98 Å². The first kappa shape index (κ1) is 46.6. The topological polar surface area (TPSA) is 200 Å². The third kappa shape index (κ3) is 10.5. The number of rotatable bonds is 16. The number of ether oxygens (including phenoxy) is 3. The molecule has 3 amide bonds. The summed E-state index contributed by atoms with van der Waals surface area (Å²) in [5.74, 6) is 0.00327. The summed E-state index contributed by atoms with van der Waals surface area (Å²) >= 11 is 6.51. The molecule has 4 N–H and O–H groups in total. The number of carbonyl (C=O) groups excluding carboxylic acids is 3. The first-order chi connectivity index (χ1) is 31.7. The predicted octanol–water partition coefficient (Wildman–Crippen LogP) is 5.13. The minimum absolute atomic E-state index is 0.119. The number of aromatic nitrogens is 2. The Morgan fingerprint density at radius 1 is 0.909 bits per heavy atom. The van der Waals surface area contributed by atoms with Crippen molar-refractivity contribution < 1.29 is 41.4 Å². The van der Waals surface area contributed by atoms with Gasteiger partial charge in [-0.15, -0.1) is 0 Å². The quantitative estimate of drug-likeness (QED) is 0.108. The summed E-state index contributed by atoms with van der Waals surface area (Å²) in [7, 11) is -0.490. The summed E-state index contributed by atoms with van der Waals surface area (Å²) < 4.78 is 58.7. The zero-order valence-electron chi connectivity index (χ0n) is 37.3. The number of carbonyl (C=O) groups is 3. The van der Waals surface area contributed by atoms with Crippen LogP contribution in [0.1, 0.15) is 54.1 Å². The summed E-state index contributed by atoms with van der Waals surface area (Å²) in [6.45, 7) is 8.57. The van der Waals surface area contributed by atoms with Crippen LogP contribution in [0.2, 0.25) is 5.02 Å². The number of nitrogens with zero attached hydrogens (tertiary/aromatic N) is 6. The maximum Gasteiger partial charge on any atom is 0.255 e. The fourth-order valence-corrected chi connectivity index (χ4v) is 9.80. The second-order valence-corrected chi connectivity index (χ2v) is 18.9. The SMILES string of the molecule is CCc1cc(Nc2ncc(Cl)c(Nc3ccc(OC)cc3NS(C)(=O)=O)n2)c(OC)cc1N1CCC(N2CCN(CCOc3cc(F)cc4c3CN(C3CCC(=O)NC3=O)C4=O)CC2)CC1. The molecule has 18 nitrogen and oxygen atoms in total. The van der Waals surface area contributed by atoms with Gasteiger partial charge >= 0.3 is 0 Å². The fourth-order valence-electron chi connectivity index (χ4n) is 9.10. The van der Waals surface area contributed by atoms with Crippen molar-refractivity contribution in [3.8, 4) is 17.2 Å². The molecule has 3 aromatic carbocycles. The van der Waals surface area contributed by atoms with Crippen molar-refractivity contribution in [2.75, 3.05) is 93.2 Å². The van der Waals surface area contributed by atoms with E-state index in [4.69, 9.17) is 25.8 Å². The maximum atomic E-state index is 14.7. The van der Waals surface area contributed by atoms with Crippen LogP contribution < -0.4 is 39.8 Å². The molecule has 66 heavy (non-hydrogen) atoms. The van der Waals surface area contributed by atoms with Gasteiger partial charge in [-0.25, -0.2) is 17.8 Å². The van der Waals surface area contributed by atoms with Gasteiger partial charge in [-0.1, -0.05) is 18.5 Å². The van der Waals surface area contributed by atoms with E-state index in [-0.39, 0.29) is 53.3 Å². The Morgan fingerprint density at radius 2 is 1.68 bits per heavy atom. The van der Waals surface area contributed by atoms with E-state index in [1.165, 1.54) is 30.3 Å². The largest absolute Gasteiger partial charge is 0.497 e. The Hall–Kier alpha value is -5.96.